The van der Waals surface area contributed by atoms with Gasteiger partial charge >= 0.3 is 0 Å². The highest BCUT2D eigenvalue weighted by molar-refractivity contribution is 5.91. The van der Waals surface area contributed by atoms with Gasteiger partial charge in [0.1, 0.15) is 0 Å². The van der Waals surface area contributed by atoms with E-state index in [1.165, 1.54) is 6.08 Å². The number of hydrogen-bond acceptors (Lipinski definition) is 4. The predicted octanol–water partition coefficient (Wildman–Crippen LogP) is 0.0409. The second-order valence-electron chi connectivity index (χ2n) is 3.64. The minimum absolute atomic E-state index is 0.319. The Morgan fingerprint density at radius 3 is 2.78 bits per heavy atom. The lowest BCUT2D eigenvalue weighted by Crippen LogP contribution is -2.39. The van der Waals surface area contributed by atoms with Crippen molar-refractivity contribution < 1.29 is 15.0 Å². The van der Waals surface area contributed by atoms with E-state index in [0.29, 0.717) is 5.56 Å². The summed E-state index contributed by atoms with van der Waals surface area (Å²) in [5.41, 5.74) is 1.25. The van der Waals surface area contributed by atoms with Crippen LogP contribution in [0.2, 0.25) is 0 Å². The number of rotatable bonds is 5. The molecule has 0 aromatic heterocycles. The van der Waals surface area contributed by atoms with Crippen molar-refractivity contribution in [3.8, 4) is 6.07 Å². The molecule has 0 bridgehead atoms. The lowest BCUT2D eigenvalue weighted by atomic mass is 10.1. The Kier molecular flexibility index (Phi) is 5.58. The Morgan fingerprint density at radius 2 is 2.17 bits per heavy atom. The van der Waals surface area contributed by atoms with Crippen molar-refractivity contribution in [3.05, 3.63) is 41.5 Å². The fourth-order valence-electron chi connectivity index (χ4n) is 1.28. The molecule has 0 radical (unpaired) electrons. The molecule has 0 fully saturated rings. The third kappa shape index (κ3) is 4.37. The van der Waals surface area contributed by atoms with Gasteiger partial charge in [0.2, 0.25) is 5.91 Å². The van der Waals surface area contributed by atoms with Crippen molar-refractivity contribution >= 4 is 12.0 Å². The minimum atomic E-state index is -0.660. The van der Waals surface area contributed by atoms with Crippen molar-refractivity contribution in [2.24, 2.45) is 0 Å². The molecule has 1 aromatic rings. The molecule has 0 atom stereocenters. The van der Waals surface area contributed by atoms with E-state index >= 15 is 0 Å². The first-order valence-electron chi connectivity index (χ1n) is 5.40. The number of nitriles is 1. The first-order valence-corrected chi connectivity index (χ1v) is 5.40. The summed E-state index contributed by atoms with van der Waals surface area (Å²) in [6.45, 7) is -0.639. The van der Waals surface area contributed by atoms with E-state index in [-0.39, 0.29) is 13.2 Å². The van der Waals surface area contributed by atoms with E-state index in [1.54, 1.807) is 30.3 Å². The van der Waals surface area contributed by atoms with Crippen LogP contribution in [0, 0.1) is 11.3 Å². The molecule has 0 saturated carbocycles. The molecule has 3 N–H and O–H groups in total. The highest BCUT2D eigenvalue weighted by atomic mass is 16.3. The van der Waals surface area contributed by atoms with Crippen molar-refractivity contribution in [1.82, 2.24) is 5.32 Å². The van der Waals surface area contributed by atoms with Gasteiger partial charge in [-0.3, -0.25) is 4.79 Å². The second-order valence-corrected chi connectivity index (χ2v) is 3.64. The molecule has 0 unspecified atom stereocenters. The third-order valence-electron chi connectivity index (χ3n) is 2.23. The van der Waals surface area contributed by atoms with E-state index in [4.69, 9.17) is 15.5 Å². The molecule has 0 spiro atoms. The molecule has 94 valence electrons. The minimum Gasteiger partial charge on any atom is -0.394 e. The van der Waals surface area contributed by atoms with Crippen molar-refractivity contribution in [1.29, 1.82) is 5.26 Å². The van der Waals surface area contributed by atoms with Gasteiger partial charge in [-0.1, -0.05) is 12.1 Å². The summed E-state index contributed by atoms with van der Waals surface area (Å²) >= 11 is 0. The zero-order valence-corrected chi connectivity index (χ0v) is 9.71. The number of benzene rings is 1. The van der Waals surface area contributed by atoms with E-state index in [1.807, 2.05) is 6.07 Å². The molecule has 0 aliphatic heterocycles. The number of aliphatic hydroxyl groups is 2. The van der Waals surface area contributed by atoms with Gasteiger partial charge in [-0.2, -0.15) is 5.26 Å². The molecule has 5 heteroatoms. The Balaban J connectivity index is 2.63. The average molecular weight is 246 g/mol. The van der Waals surface area contributed by atoms with Crippen LogP contribution < -0.4 is 5.32 Å². The van der Waals surface area contributed by atoms with E-state index in [9.17, 15) is 4.79 Å². The molecule has 18 heavy (non-hydrogen) atoms. The van der Waals surface area contributed by atoms with Crippen LogP contribution in [0.15, 0.2) is 30.3 Å². The lowest BCUT2D eigenvalue weighted by Gasteiger charge is -2.10. The summed E-state index contributed by atoms with van der Waals surface area (Å²) in [7, 11) is 0. The number of carbonyl (C=O) groups is 1. The second kappa shape index (κ2) is 7.22. The maximum atomic E-state index is 11.4. The van der Waals surface area contributed by atoms with Crippen LogP contribution in [0.3, 0.4) is 0 Å². The quantitative estimate of drug-likeness (QED) is 0.639. The molecule has 0 heterocycles. The van der Waals surface area contributed by atoms with Crippen LogP contribution in [-0.4, -0.2) is 35.4 Å². The molecule has 0 aliphatic carbocycles. The first-order chi connectivity index (χ1) is 8.69. The van der Waals surface area contributed by atoms with E-state index in [2.05, 4.69) is 5.32 Å². The van der Waals surface area contributed by atoms with Crippen LogP contribution in [0.25, 0.3) is 6.08 Å². The summed E-state index contributed by atoms with van der Waals surface area (Å²) in [5.74, 6) is -0.412. The summed E-state index contributed by atoms with van der Waals surface area (Å²) in [4.78, 5) is 11.4. The van der Waals surface area contributed by atoms with E-state index < -0.39 is 11.9 Å². The molecular weight excluding hydrogens is 232 g/mol. The van der Waals surface area contributed by atoms with Gasteiger partial charge in [-0.05, 0) is 23.8 Å². The smallest absolute Gasteiger partial charge is 0.244 e. The monoisotopic (exact) mass is 246 g/mol. The summed E-state index contributed by atoms with van der Waals surface area (Å²) in [6.07, 6.45) is 2.84. The number of aliphatic hydroxyl groups excluding tert-OH is 2. The number of nitrogens with zero attached hydrogens (tertiary/aromatic N) is 1. The molecule has 5 nitrogen and oxygen atoms in total. The zero-order chi connectivity index (χ0) is 13.4. The third-order valence-corrected chi connectivity index (χ3v) is 2.23. The molecule has 0 saturated heterocycles. The highest BCUT2D eigenvalue weighted by Gasteiger charge is 2.06. The van der Waals surface area contributed by atoms with Gasteiger partial charge in [-0.15, -0.1) is 0 Å². The van der Waals surface area contributed by atoms with Gasteiger partial charge < -0.3 is 15.5 Å². The number of nitrogens with one attached hydrogen (secondary N) is 1. The van der Waals surface area contributed by atoms with Crippen molar-refractivity contribution in [2.75, 3.05) is 13.2 Å². The largest absolute Gasteiger partial charge is 0.394 e. The van der Waals surface area contributed by atoms with Crippen LogP contribution in [0.4, 0.5) is 0 Å². The SMILES string of the molecule is N#Cc1cccc(C=CC(=O)NC(CO)CO)c1. The summed E-state index contributed by atoms with van der Waals surface area (Å²) in [6, 6.07) is 8.16. The van der Waals surface area contributed by atoms with E-state index in [0.717, 1.165) is 5.56 Å². The van der Waals surface area contributed by atoms with Gasteiger partial charge in [0.05, 0.1) is 30.9 Å². The van der Waals surface area contributed by atoms with Crippen LogP contribution in [0.1, 0.15) is 11.1 Å². The standard InChI is InChI=1S/C13H14N2O3/c14-7-11-3-1-2-10(6-11)4-5-13(18)15-12(8-16)9-17/h1-6,12,16-17H,8-9H2,(H,15,18). The molecule has 0 aliphatic rings. The number of amides is 1. The first kappa shape index (κ1) is 13.9. The Bertz CT molecular complexity index is 473. The summed E-state index contributed by atoms with van der Waals surface area (Å²) < 4.78 is 0. The Hall–Kier alpha value is -2.16. The van der Waals surface area contributed by atoms with Crippen molar-refractivity contribution in [3.63, 3.8) is 0 Å². The number of carbonyl (C=O) groups excluding carboxylic acids is 1. The lowest BCUT2D eigenvalue weighted by molar-refractivity contribution is -0.117. The highest BCUT2D eigenvalue weighted by Crippen LogP contribution is 2.05. The Labute approximate surface area is 105 Å². The summed E-state index contributed by atoms with van der Waals surface area (Å²) in [5, 5.41) is 28.7. The fraction of sp³-hybridized carbons (Fsp3) is 0.231. The molecule has 1 amide bonds. The molecular formula is C13H14N2O3. The Morgan fingerprint density at radius 1 is 1.44 bits per heavy atom. The van der Waals surface area contributed by atoms with Gasteiger partial charge in [0.15, 0.2) is 0 Å². The predicted molar refractivity (Wildman–Crippen MR) is 66.3 cm³/mol. The maximum Gasteiger partial charge on any atom is 0.244 e. The topological polar surface area (TPSA) is 93.4 Å². The maximum absolute atomic E-state index is 11.4. The number of hydrogen-bond donors (Lipinski definition) is 3. The fourth-order valence-corrected chi connectivity index (χ4v) is 1.28. The van der Waals surface area contributed by atoms with Crippen LogP contribution >= 0.6 is 0 Å². The molecule has 1 aromatic carbocycles. The van der Waals surface area contributed by atoms with Gasteiger partial charge in [-0.25, -0.2) is 0 Å². The normalized spacial score (nSPS) is 10.6. The average Bonchev–Trinajstić information content (AvgIpc) is 2.42. The van der Waals surface area contributed by atoms with Crippen LogP contribution in [0.5, 0.6) is 0 Å². The van der Waals surface area contributed by atoms with Crippen LogP contribution in [-0.2, 0) is 4.79 Å². The zero-order valence-electron chi connectivity index (χ0n) is 9.71. The van der Waals surface area contributed by atoms with Crippen molar-refractivity contribution in [2.45, 2.75) is 6.04 Å². The molecule has 1 rings (SSSR count). The van der Waals surface area contributed by atoms with Gasteiger partial charge in [0.25, 0.3) is 0 Å². The van der Waals surface area contributed by atoms with Gasteiger partial charge in [0, 0.05) is 6.08 Å².